The van der Waals surface area contributed by atoms with E-state index in [9.17, 15) is 0 Å². The highest BCUT2D eigenvalue weighted by atomic mass is 32.2. The van der Waals surface area contributed by atoms with Crippen LogP contribution in [0.3, 0.4) is 0 Å². The SMILES string of the molecule is CSC1=NC(C)C(C(C)(C)C)=C1. The second kappa shape index (κ2) is 3.25. The monoisotopic (exact) mass is 183 g/mol. The largest absolute Gasteiger partial charge is 0.271 e. The fourth-order valence-electron chi connectivity index (χ4n) is 1.51. The van der Waals surface area contributed by atoms with Crippen molar-refractivity contribution in [2.24, 2.45) is 10.4 Å². The maximum atomic E-state index is 4.54. The molecule has 1 rings (SSSR count). The van der Waals surface area contributed by atoms with Gasteiger partial charge in [-0.25, -0.2) is 0 Å². The summed E-state index contributed by atoms with van der Waals surface area (Å²) in [7, 11) is 0. The van der Waals surface area contributed by atoms with Gasteiger partial charge in [0.1, 0.15) is 0 Å². The number of thioether (sulfide) groups is 1. The lowest BCUT2D eigenvalue weighted by Crippen LogP contribution is -2.15. The molecule has 0 bridgehead atoms. The minimum absolute atomic E-state index is 0.264. The zero-order valence-electron chi connectivity index (χ0n) is 8.51. The minimum Gasteiger partial charge on any atom is -0.271 e. The second-order valence-electron chi connectivity index (χ2n) is 4.20. The van der Waals surface area contributed by atoms with Crippen molar-refractivity contribution >= 4 is 16.8 Å². The van der Waals surface area contributed by atoms with E-state index in [4.69, 9.17) is 0 Å². The summed E-state index contributed by atoms with van der Waals surface area (Å²) in [6, 6.07) is 0.382. The van der Waals surface area contributed by atoms with Gasteiger partial charge >= 0.3 is 0 Å². The Hall–Kier alpha value is -0.240. The lowest BCUT2D eigenvalue weighted by molar-refractivity contribution is 0.475. The molecule has 0 aliphatic carbocycles. The number of rotatable bonds is 0. The van der Waals surface area contributed by atoms with Crippen molar-refractivity contribution in [2.45, 2.75) is 33.7 Å². The Balaban J connectivity index is 2.85. The maximum Gasteiger partial charge on any atom is 0.0909 e. The molecular formula is C10H17NS. The summed E-state index contributed by atoms with van der Waals surface area (Å²) in [6.07, 6.45) is 4.31. The summed E-state index contributed by atoms with van der Waals surface area (Å²) in [6.45, 7) is 8.90. The van der Waals surface area contributed by atoms with Gasteiger partial charge in [-0.3, -0.25) is 4.99 Å². The smallest absolute Gasteiger partial charge is 0.0909 e. The molecule has 1 nitrogen and oxygen atoms in total. The number of nitrogens with zero attached hydrogens (tertiary/aromatic N) is 1. The zero-order chi connectivity index (χ0) is 9.35. The Morgan fingerprint density at radius 3 is 2.25 bits per heavy atom. The molecular weight excluding hydrogens is 166 g/mol. The zero-order valence-corrected chi connectivity index (χ0v) is 9.33. The molecule has 0 saturated heterocycles. The average Bonchev–Trinajstić information content (AvgIpc) is 2.29. The van der Waals surface area contributed by atoms with Crippen LogP contribution in [0.4, 0.5) is 0 Å². The van der Waals surface area contributed by atoms with Crippen LogP contribution < -0.4 is 0 Å². The van der Waals surface area contributed by atoms with Crippen molar-refractivity contribution in [1.29, 1.82) is 0 Å². The van der Waals surface area contributed by atoms with E-state index in [1.807, 2.05) is 0 Å². The van der Waals surface area contributed by atoms with Crippen molar-refractivity contribution in [1.82, 2.24) is 0 Å². The quantitative estimate of drug-likeness (QED) is 0.562. The Kier molecular flexibility index (Phi) is 2.67. The number of aliphatic imine (C=N–C) groups is 1. The van der Waals surface area contributed by atoms with Crippen molar-refractivity contribution in [3.63, 3.8) is 0 Å². The molecule has 12 heavy (non-hydrogen) atoms. The van der Waals surface area contributed by atoms with E-state index in [-0.39, 0.29) is 5.41 Å². The van der Waals surface area contributed by atoms with E-state index in [0.29, 0.717) is 6.04 Å². The second-order valence-corrected chi connectivity index (χ2v) is 5.02. The molecule has 0 aromatic heterocycles. The molecule has 0 fully saturated rings. The van der Waals surface area contributed by atoms with Gasteiger partial charge in [-0.1, -0.05) is 20.8 Å². The van der Waals surface area contributed by atoms with E-state index >= 15 is 0 Å². The Bertz CT molecular complexity index is 233. The van der Waals surface area contributed by atoms with Gasteiger partial charge in [0, 0.05) is 0 Å². The molecule has 0 aromatic carbocycles. The molecule has 0 radical (unpaired) electrons. The third kappa shape index (κ3) is 1.92. The predicted octanol–water partition coefficient (Wildman–Crippen LogP) is 3.12. The molecule has 1 aliphatic rings. The Morgan fingerprint density at radius 1 is 1.42 bits per heavy atom. The van der Waals surface area contributed by atoms with Crippen LogP contribution >= 0.6 is 11.8 Å². The highest BCUT2D eigenvalue weighted by molar-refractivity contribution is 8.13. The van der Waals surface area contributed by atoms with E-state index in [1.54, 1.807) is 11.8 Å². The van der Waals surface area contributed by atoms with Crippen molar-refractivity contribution in [3.8, 4) is 0 Å². The summed E-state index contributed by atoms with van der Waals surface area (Å²) < 4.78 is 0. The molecule has 1 unspecified atom stereocenters. The first-order valence-corrected chi connectivity index (χ1v) is 5.51. The molecule has 0 spiro atoms. The first-order valence-electron chi connectivity index (χ1n) is 4.29. The predicted molar refractivity (Wildman–Crippen MR) is 58.0 cm³/mol. The molecule has 0 amide bonds. The van der Waals surface area contributed by atoms with Gasteiger partial charge in [0.15, 0.2) is 0 Å². The topological polar surface area (TPSA) is 12.4 Å². The van der Waals surface area contributed by atoms with Crippen LogP contribution in [-0.2, 0) is 0 Å². The van der Waals surface area contributed by atoms with Gasteiger partial charge < -0.3 is 0 Å². The fraction of sp³-hybridized carbons (Fsp3) is 0.700. The third-order valence-electron chi connectivity index (χ3n) is 2.13. The Labute approximate surface area is 79.3 Å². The molecule has 2 heteroatoms. The van der Waals surface area contributed by atoms with Gasteiger partial charge in [-0.15, -0.1) is 11.8 Å². The van der Waals surface area contributed by atoms with Gasteiger partial charge in [-0.05, 0) is 30.2 Å². The summed E-state index contributed by atoms with van der Waals surface area (Å²) >= 11 is 1.73. The van der Waals surface area contributed by atoms with Crippen LogP contribution in [0.25, 0.3) is 0 Å². The van der Waals surface area contributed by atoms with E-state index < -0.39 is 0 Å². The van der Waals surface area contributed by atoms with Gasteiger partial charge in [0.25, 0.3) is 0 Å². The molecule has 1 aliphatic heterocycles. The third-order valence-corrected chi connectivity index (χ3v) is 2.77. The maximum absolute atomic E-state index is 4.54. The van der Waals surface area contributed by atoms with E-state index in [2.05, 4.69) is 45.0 Å². The first kappa shape index (κ1) is 9.85. The van der Waals surface area contributed by atoms with Crippen LogP contribution in [0.1, 0.15) is 27.7 Å². The number of hydrogen-bond acceptors (Lipinski definition) is 2. The van der Waals surface area contributed by atoms with E-state index in [1.165, 1.54) is 10.6 Å². The Morgan fingerprint density at radius 2 is 2.00 bits per heavy atom. The molecule has 0 N–H and O–H groups in total. The summed E-state index contributed by atoms with van der Waals surface area (Å²) in [5.74, 6) is 0. The summed E-state index contributed by atoms with van der Waals surface area (Å²) in [5, 5.41) is 1.17. The van der Waals surface area contributed by atoms with Crippen molar-refractivity contribution < 1.29 is 0 Å². The molecule has 1 heterocycles. The van der Waals surface area contributed by atoms with Crippen molar-refractivity contribution in [3.05, 3.63) is 11.6 Å². The lowest BCUT2D eigenvalue weighted by Gasteiger charge is -2.23. The molecule has 1 atom stereocenters. The van der Waals surface area contributed by atoms with Gasteiger partial charge in [0.05, 0.1) is 11.1 Å². The fourth-order valence-corrected chi connectivity index (χ4v) is 2.01. The number of hydrogen-bond donors (Lipinski definition) is 0. The standard InChI is InChI=1S/C10H17NS/c1-7-8(10(2,3)4)6-9(11-7)12-5/h6-7H,1-5H3. The first-order chi connectivity index (χ1) is 5.45. The highest BCUT2D eigenvalue weighted by Gasteiger charge is 2.26. The summed E-state index contributed by atoms with van der Waals surface area (Å²) in [5.41, 5.74) is 1.72. The van der Waals surface area contributed by atoms with Crippen LogP contribution in [0.2, 0.25) is 0 Å². The van der Waals surface area contributed by atoms with Crippen LogP contribution in [0.5, 0.6) is 0 Å². The van der Waals surface area contributed by atoms with Gasteiger partial charge in [0.2, 0.25) is 0 Å². The lowest BCUT2D eigenvalue weighted by atomic mass is 9.83. The van der Waals surface area contributed by atoms with Crippen LogP contribution in [-0.4, -0.2) is 17.3 Å². The minimum atomic E-state index is 0.264. The molecule has 0 saturated carbocycles. The van der Waals surface area contributed by atoms with Crippen LogP contribution in [0.15, 0.2) is 16.6 Å². The normalized spacial score (nSPS) is 23.9. The van der Waals surface area contributed by atoms with Crippen LogP contribution in [0, 0.1) is 5.41 Å². The molecule has 68 valence electrons. The van der Waals surface area contributed by atoms with E-state index in [0.717, 1.165) is 0 Å². The van der Waals surface area contributed by atoms with Crippen molar-refractivity contribution in [2.75, 3.05) is 6.26 Å². The summed E-state index contributed by atoms with van der Waals surface area (Å²) in [4.78, 5) is 4.54. The van der Waals surface area contributed by atoms with Gasteiger partial charge in [-0.2, -0.15) is 0 Å². The highest BCUT2D eigenvalue weighted by Crippen LogP contribution is 2.33. The average molecular weight is 183 g/mol. The molecule has 0 aromatic rings.